The summed E-state index contributed by atoms with van der Waals surface area (Å²) in [6, 6.07) is 12.5. The lowest BCUT2D eigenvalue weighted by Gasteiger charge is -2.12. The second kappa shape index (κ2) is 8.92. The van der Waals surface area contributed by atoms with Gasteiger partial charge in [0.05, 0.1) is 19.7 Å². The van der Waals surface area contributed by atoms with Gasteiger partial charge in [0.15, 0.2) is 17.1 Å². The first-order chi connectivity index (χ1) is 15.4. The van der Waals surface area contributed by atoms with Gasteiger partial charge in [0.1, 0.15) is 6.54 Å². The Morgan fingerprint density at radius 2 is 1.78 bits per heavy atom. The summed E-state index contributed by atoms with van der Waals surface area (Å²) >= 11 is 5.92. The Balaban J connectivity index is 1.67. The number of aromatic nitrogens is 3. The molecule has 4 aromatic rings. The number of amides is 1. The van der Waals surface area contributed by atoms with Crippen molar-refractivity contribution in [1.29, 1.82) is 0 Å². The molecule has 0 saturated heterocycles. The first-order valence-corrected chi connectivity index (χ1v) is 10.4. The molecule has 9 heteroatoms. The first kappa shape index (κ1) is 21.7. The van der Waals surface area contributed by atoms with Crippen LogP contribution in [0.2, 0.25) is 5.02 Å². The summed E-state index contributed by atoms with van der Waals surface area (Å²) in [6.45, 7) is 2.33. The molecule has 2 heterocycles. The molecule has 166 valence electrons. The zero-order valence-electron chi connectivity index (χ0n) is 18.0. The molecule has 4 rings (SSSR count). The van der Waals surface area contributed by atoms with Gasteiger partial charge in [0.2, 0.25) is 5.91 Å². The molecule has 0 aliphatic rings. The van der Waals surface area contributed by atoms with E-state index in [0.717, 1.165) is 5.56 Å². The van der Waals surface area contributed by atoms with Crippen molar-refractivity contribution in [2.24, 2.45) is 0 Å². The van der Waals surface area contributed by atoms with E-state index in [1.807, 2.05) is 24.3 Å². The smallest absolute Gasteiger partial charge is 0.273 e. The highest BCUT2D eigenvalue weighted by Gasteiger charge is 2.19. The highest BCUT2D eigenvalue weighted by Crippen LogP contribution is 2.34. The van der Waals surface area contributed by atoms with Gasteiger partial charge in [-0.1, -0.05) is 23.7 Å². The number of nitrogens with one attached hydrogen (secondary N) is 1. The van der Waals surface area contributed by atoms with Crippen LogP contribution < -0.4 is 20.3 Å². The van der Waals surface area contributed by atoms with Crippen molar-refractivity contribution in [2.75, 3.05) is 20.8 Å². The Hall–Kier alpha value is -3.52. The van der Waals surface area contributed by atoms with Crippen molar-refractivity contribution in [2.45, 2.75) is 19.9 Å². The SMILES string of the molecule is COc1cc2c(cc1OC)n(CC(=O)NCCc1ccc(Cl)cc1)n1c(C)cc(=O)nc21. The van der Waals surface area contributed by atoms with Gasteiger partial charge in [-0.25, -0.2) is 4.52 Å². The molecule has 2 aromatic heterocycles. The van der Waals surface area contributed by atoms with Crippen LogP contribution in [0.5, 0.6) is 11.5 Å². The largest absolute Gasteiger partial charge is 0.493 e. The van der Waals surface area contributed by atoms with Gasteiger partial charge in [-0.3, -0.25) is 14.3 Å². The fourth-order valence-corrected chi connectivity index (χ4v) is 3.91. The minimum atomic E-state index is -0.344. The quantitative estimate of drug-likeness (QED) is 0.464. The minimum absolute atomic E-state index is 0.0431. The molecular formula is C23H23ClN4O4. The lowest BCUT2D eigenvalue weighted by atomic mass is 10.1. The highest BCUT2D eigenvalue weighted by atomic mass is 35.5. The van der Waals surface area contributed by atoms with Gasteiger partial charge in [-0.2, -0.15) is 4.98 Å². The second-order valence-corrected chi connectivity index (χ2v) is 7.82. The zero-order chi connectivity index (χ0) is 22.8. The van der Waals surface area contributed by atoms with Crippen LogP contribution in [0.25, 0.3) is 16.6 Å². The summed E-state index contributed by atoms with van der Waals surface area (Å²) < 4.78 is 14.4. The molecule has 1 N–H and O–H groups in total. The van der Waals surface area contributed by atoms with Gasteiger partial charge >= 0.3 is 0 Å². The van der Waals surface area contributed by atoms with Crippen LogP contribution in [0.15, 0.2) is 47.3 Å². The zero-order valence-corrected chi connectivity index (χ0v) is 18.8. The van der Waals surface area contributed by atoms with E-state index in [1.54, 1.807) is 42.5 Å². The maximum absolute atomic E-state index is 12.8. The van der Waals surface area contributed by atoms with Gasteiger partial charge in [-0.15, -0.1) is 0 Å². The molecule has 0 spiro atoms. The van der Waals surface area contributed by atoms with E-state index >= 15 is 0 Å². The van der Waals surface area contributed by atoms with Crippen molar-refractivity contribution < 1.29 is 14.3 Å². The van der Waals surface area contributed by atoms with Crippen LogP contribution in [-0.2, 0) is 17.8 Å². The topological polar surface area (TPSA) is 86.9 Å². The molecule has 0 bridgehead atoms. The van der Waals surface area contributed by atoms with Crippen molar-refractivity contribution in [1.82, 2.24) is 19.5 Å². The molecule has 0 aliphatic carbocycles. The normalized spacial score (nSPS) is 11.1. The molecule has 0 fully saturated rings. The Morgan fingerprint density at radius 3 is 2.47 bits per heavy atom. The molecule has 8 nitrogen and oxygen atoms in total. The van der Waals surface area contributed by atoms with E-state index < -0.39 is 0 Å². The van der Waals surface area contributed by atoms with Crippen LogP contribution >= 0.6 is 11.6 Å². The van der Waals surface area contributed by atoms with Crippen LogP contribution in [-0.4, -0.2) is 40.9 Å². The van der Waals surface area contributed by atoms with Crippen molar-refractivity contribution in [3.63, 3.8) is 0 Å². The standard InChI is InChI=1S/C23H23ClN4O4/c1-14-10-21(29)26-23-17-11-19(31-2)20(32-3)12-18(17)27(28(14)23)13-22(30)25-9-8-15-4-6-16(24)7-5-15/h4-7,10-12H,8-9,13H2,1-3H3,(H,25,30). The average molecular weight is 455 g/mol. The summed E-state index contributed by atoms with van der Waals surface area (Å²) in [5, 5.41) is 4.32. The maximum atomic E-state index is 12.8. The number of fused-ring (bicyclic) bond motifs is 3. The monoisotopic (exact) mass is 454 g/mol. The van der Waals surface area contributed by atoms with E-state index in [1.165, 1.54) is 6.07 Å². The van der Waals surface area contributed by atoms with Gasteiger partial charge in [0.25, 0.3) is 5.56 Å². The molecule has 0 radical (unpaired) electrons. The van der Waals surface area contributed by atoms with E-state index in [9.17, 15) is 9.59 Å². The minimum Gasteiger partial charge on any atom is -0.493 e. The molecular weight excluding hydrogens is 432 g/mol. The van der Waals surface area contributed by atoms with Gasteiger partial charge in [-0.05, 0) is 37.1 Å². The number of hydrogen-bond acceptors (Lipinski definition) is 5. The number of halogens is 1. The first-order valence-electron chi connectivity index (χ1n) is 10.1. The van der Waals surface area contributed by atoms with Crippen LogP contribution in [0, 0.1) is 6.92 Å². The molecule has 0 unspecified atom stereocenters. The lowest BCUT2D eigenvalue weighted by Crippen LogP contribution is -2.31. The number of hydrogen-bond donors (Lipinski definition) is 1. The van der Waals surface area contributed by atoms with Crippen molar-refractivity contribution in [3.8, 4) is 11.5 Å². The fourth-order valence-electron chi connectivity index (χ4n) is 3.78. The number of nitrogens with zero attached hydrogens (tertiary/aromatic N) is 3. The molecule has 32 heavy (non-hydrogen) atoms. The Labute approximate surface area is 189 Å². The number of carbonyl (C=O) groups is 1. The predicted octanol–water partition coefficient (Wildman–Crippen LogP) is 2.99. The Morgan fingerprint density at radius 1 is 1.09 bits per heavy atom. The fraction of sp³-hybridized carbons (Fsp3) is 0.261. The number of benzene rings is 2. The number of methoxy groups -OCH3 is 2. The molecule has 2 aromatic carbocycles. The van der Waals surface area contributed by atoms with Crippen LogP contribution in [0.1, 0.15) is 11.3 Å². The third-order valence-corrected chi connectivity index (χ3v) is 5.54. The summed E-state index contributed by atoms with van der Waals surface area (Å²) in [4.78, 5) is 29.1. The average Bonchev–Trinajstić information content (AvgIpc) is 3.06. The van der Waals surface area contributed by atoms with Crippen LogP contribution in [0.3, 0.4) is 0 Å². The third kappa shape index (κ3) is 4.13. The lowest BCUT2D eigenvalue weighted by molar-refractivity contribution is -0.121. The predicted molar refractivity (Wildman–Crippen MR) is 123 cm³/mol. The molecule has 0 aliphatic heterocycles. The number of ether oxygens (including phenoxy) is 2. The maximum Gasteiger partial charge on any atom is 0.273 e. The van der Waals surface area contributed by atoms with E-state index in [2.05, 4.69) is 10.3 Å². The molecule has 1 amide bonds. The number of aryl methyl sites for hydroxylation is 1. The summed E-state index contributed by atoms with van der Waals surface area (Å²) in [5.41, 5.74) is 2.57. The van der Waals surface area contributed by atoms with Gasteiger partial charge < -0.3 is 14.8 Å². The van der Waals surface area contributed by atoms with Crippen molar-refractivity contribution in [3.05, 3.63) is 69.1 Å². The van der Waals surface area contributed by atoms with Gasteiger partial charge in [0, 0.05) is 34.8 Å². The Kier molecular flexibility index (Phi) is 6.05. The third-order valence-electron chi connectivity index (χ3n) is 5.29. The van der Waals surface area contributed by atoms with Crippen LogP contribution in [0.4, 0.5) is 0 Å². The van der Waals surface area contributed by atoms with E-state index in [-0.39, 0.29) is 18.0 Å². The van der Waals surface area contributed by atoms with E-state index in [4.69, 9.17) is 21.1 Å². The Bertz CT molecular complexity index is 1360. The van der Waals surface area contributed by atoms with E-state index in [0.29, 0.717) is 51.7 Å². The summed E-state index contributed by atoms with van der Waals surface area (Å²) in [6.07, 6.45) is 0.689. The van der Waals surface area contributed by atoms with Crippen molar-refractivity contribution >= 4 is 34.1 Å². The molecule has 0 saturated carbocycles. The molecule has 0 atom stereocenters. The number of carbonyl (C=O) groups excluding carboxylic acids is 1. The summed E-state index contributed by atoms with van der Waals surface area (Å²) in [7, 11) is 3.09. The number of rotatable bonds is 7. The second-order valence-electron chi connectivity index (χ2n) is 7.38. The highest BCUT2D eigenvalue weighted by molar-refractivity contribution is 6.30. The summed E-state index contributed by atoms with van der Waals surface area (Å²) in [5.74, 6) is 0.876.